The summed E-state index contributed by atoms with van der Waals surface area (Å²) < 4.78 is -1.17. The molecule has 0 aromatic rings. The second kappa shape index (κ2) is 5.26. The number of hydrogen-bond donors (Lipinski definition) is 1. The Morgan fingerprint density at radius 2 is 1.73 bits per heavy atom. The Morgan fingerprint density at radius 1 is 1.20 bits per heavy atom. The molecule has 1 aliphatic heterocycles. The molecular weight excluding hydrogens is 594 g/mol. The molecule has 0 atom stereocenters. The number of nitrogens with one attached hydrogen (secondary N) is 1. The second-order valence-electron chi connectivity index (χ2n) is 2.70. The van der Waals surface area contributed by atoms with Crippen molar-refractivity contribution in [2.75, 3.05) is 0 Å². The minimum Gasteiger partial charge on any atom is -0.284 e. The van der Waals surface area contributed by atoms with Gasteiger partial charge in [-0.05, 0) is 60.8 Å². The van der Waals surface area contributed by atoms with Gasteiger partial charge in [0, 0.05) is 5.70 Å². The van der Waals surface area contributed by atoms with Gasteiger partial charge in [-0.25, -0.2) is 0 Å². The molecule has 1 rings (SSSR count). The molecule has 1 N–H and O–H groups in total. The second-order valence-corrected chi connectivity index (χ2v) is 16.1. The van der Waals surface area contributed by atoms with E-state index in [4.69, 9.17) is 0 Å². The van der Waals surface area contributed by atoms with Crippen LogP contribution in [0.3, 0.4) is 0 Å². The van der Waals surface area contributed by atoms with Gasteiger partial charge in [-0.3, -0.25) is 5.43 Å². The Morgan fingerprint density at radius 3 is 2.13 bits per heavy atom. The van der Waals surface area contributed by atoms with E-state index < -0.39 is 4.41 Å². The van der Waals surface area contributed by atoms with E-state index in [0.29, 0.717) is 0 Å². The number of halogens is 6. The molecule has 0 saturated carbocycles. The summed E-state index contributed by atoms with van der Waals surface area (Å²) in [4.78, 5) is 0. The van der Waals surface area contributed by atoms with Crippen LogP contribution in [0.5, 0.6) is 0 Å². The Hall–Kier alpha value is 1.89. The zero-order valence-corrected chi connectivity index (χ0v) is 16.8. The third-order valence-electron chi connectivity index (χ3n) is 1.37. The lowest BCUT2D eigenvalue weighted by molar-refractivity contribution is 0.240. The van der Waals surface area contributed by atoms with Crippen molar-refractivity contribution in [1.29, 1.82) is 0 Å². The summed E-state index contributed by atoms with van der Waals surface area (Å²) in [6, 6.07) is 0. The number of hydrazone groups is 1. The Bertz CT molecular complexity index is 312. The predicted molar refractivity (Wildman–Crippen MR) is 85.2 cm³/mol. The van der Waals surface area contributed by atoms with Crippen LogP contribution in [0.1, 0.15) is 6.92 Å². The highest BCUT2D eigenvalue weighted by atomic mass is 80.0. The molecule has 0 saturated heterocycles. The number of allylic oxidation sites excluding steroid dienone is 2. The zero-order valence-electron chi connectivity index (χ0n) is 7.24. The van der Waals surface area contributed by atoms with Gasteiger partial charge in [-0.2, -0.15) is 10.2 Å². The third-order valence-corrected chi connectivity index (χ3v) is 3.60. The van der Waals surface area contributed by atoms with Crippen LogP contribution < -0.4 is 5.43 Å². The van der Waals surface area contributed by atoms with E-state index in [1.165, 1.54) is 0 Å². The molecule has 0 bridgehead atoms. The van der Waals surface area contributed by atoms with Crippen LogP contribution in [0.4, 0.5) is 0 Å². The van der Waals surface area contributed by atoms with Crippen molar-refractivity contribution in [1.82, 2.24) is 10.5 Å². The molecule has 0 spiro atoms. The zero-order chi connectivity index (χ0) is 11.9. The van der Waals surface area contributed by atoms with Gasteiger partial charge in [0.25, 0.3) is 0 Å². The fourth-order valence-electron chi connectivity index (χ4n) is 0.825. The van der Waals surface area contributed by atoms with E-state index in [0.717, 1.165) is 11.4 Å². The van der Waals surface area contributed by atoms with Gasteiger partial charge < -0.3 is 0 Å². The van der Waals surface area contributed by atoms with E-state index in [1.54, 1.807) is 5.12 Å². The first-order valence-electron chi connectivity index (χ1n) is 3.58. The van der Waals surface area contributed by atoms with Gasteiger partial charge >= 0.3 is 0 Å². The molecule has 1 aliphatic rings. The van der Waals surface area contributed by atoms with Crippen molar-refractivity contribution in [3.8, 4) is 0 Å². The summed E-state index contributed by atoms with van der Waals surface area (Å²) in [5.74, 6) is 0. The van der Waals surface area contributed by atoms with Crippen molar-refractivity contribution < 1.29 is 0 Å². The van der Waals surface area contributed by atoms with Crippen LogP contribution >= 0.6 is 95.6 Å². The standard InChI is InChI=1S/C6H5Br6N3/c1-3-2-4(5(7,8)9)14-15(13-3)6(10,11)12/h2,13H,1H3. The van der Waals surface area contributed by atoms with E-state index in [1.807, 2.05) is 13.0 Å². The minimum atomic E-state index is -0.633. The number of hydrogen-bond acceptors (Lipinski definition) is 3. The van der Waals surface area contributed by atoms with Crippen LogP contribution in [0.15, 0.2) is 16.9 Å². The molecular formula is C6H5Br6N3. The first-order valence-corrected chi connectivity index (χ1v) is 8.34. The molecule has 1 heterocycles. The highest BCUT2D eigenvalue weighted by Crippen LogP contribution is 2.41. The van der Waals surface area contributed by atoms with E-state index >= 15 is 0 Å². The average Bonchev–Trinajstić information content (AvgIpc) is 1.99. The van der Waals surface area contributed by atoms with Crippen LogP contribution in [-0.2, 0) is 0 Å². The fraction of sp³-hybridized carbons (Fsp3) is 0.500. The average molecular weight is 599 g/mol. The van der Waals surface area contributed by atoms with Crippen molar-refractivity contribution in [2.24, 2.45) is 5.10 Å². The van der Waals surface area contributed by atoms with Crippen LogP contribution in [0.2, 0.25) is 0 Å². The highest BCUT2D eigenvalue weighted by molar-refractivity contribution is 9.40. The molecule has 0 radical (unpaired) electrons. The third kappa shape index (κ3) is 4.57. The summed E-state index contributed by atoms with van der Waals surface area (Å²) in [5.41, 5.74) is 4.80. The number of rotatable bonds is 0. The normalized spacial score (nSPS) is 18.2. The lowest BCUT2D eigenvalue weighted by Crippen LogP contribution is -2.44. The molecule has 0 unspecified atom stereocenters. The summed E-state index contributed by atoms with van der Waals surface area (Å²) in [5, 5.41) is 5.95. The number of nitrogens with zero attached hydrogens (tertiary/aromatic N) is 2. The van der Waals surface area contributed by atoms with Gasteiger partial charge in [-0.15, -0.1) is 0 Å². The number of alkyl halides is 6. The lowest BCUT2D eigenvalue weighted by atomic mass is 10.3. The number of hydrazine groups is 1. The van der Waals surface area contributed by atoms with E-state index in [-0.39, 0.29) is 0 Å². The van der Waals surface area contributed by atoms with Gasteiger partial charge in [0.2, 0.25) is 2.27 Å². The fourth-order valence-corrected chi connectivity index (χ4v) is 1.91. The Labute approximate surface area is 138 Å². The predicted octanol–water partition coefficient (Wildman–Crippen LogP) is 4.70. The summed E-state index contributed by atoms with van der Waals surface area (Å²) in [7, 11) is 0. The molecule has 0 aromatic carbocycles. The molecule has 3 nitrogen and oxygen atoms in total. The van der Waals surface area contributed by atoms with Gasteiger partial charge in [0.1, 0.15) is 5.71 Å². The molecule has 0 fully saturated rings. The van der Waals surface area contributed by atoms with Crippen molar-refractivity contribution in [3.05, 3.63) is 11.8 Å². The maximum absolute atomic E-state index is 4.36. The summed E-state index contributed by atoms with van der Waals surface area (Å²) in [6.07, 6.45) is 1.91. The minimum absolute atomic E-state index is 0.535. The van der Waals surface area contributed by atoms with Gasteiger partial charge in [0.05, 0.1) is 0 Å². The smallest absolute Gasteiger partial charge is 0.242 e. The van der Waals surface area contributed by atoms with Gasteiger partial charge in [0.15, 0.2) is 2.14 Å². The van der Waals surface area contributed by atoms with Crippen LogP contribution in [0, 0.1) is 0 Å². The Kier molecular flexibility index (Phi) is 5.24. The van der Waals surface area contributed by atoms with Crippen molar-refractivity contribution in [2.45, 2.75) is 11.3 Å². The maximum Gasteiger partial charge on any atom is 0.242 e. The lowest BCUT2D eigenvalue weighted by Gasteiger charge is -2.33. The first kappa shape index (κ1) is 14.9. The van der Waals surface area contributed by atoms with E-state index in [9.17, 15) is 0 Å². The Balaban J connectivity index is 3.02. The summed E-state index contributed by atoms with van der Waals surface area (Å²) >= 11 is 20.4. The van der Waals surface area contributed by atoms with Crippen molar-refractivity contribution in [3.63, 3.8) is 0 Å². The molecule has 9 heteroatoms. The van der Waals surface area contributed by atoms with E-state index in [2.05, 4.69) is 106 Å². The SMILES string of the molecule is CC1=CC(C(Br)(Br)Br)=NN(C(Br)(Br)Br)N1. The monoisotopic (exact) mass is 593 g/mol. The highest BCUT2D eigenvalue weighted by Gasteiger charge is 2.33. The maximum atomic E-state index is 4.36. The molecule has 0 aliphatic carbocycles. The van der Waals surface area contributed by atoms with Crippen LogP contribution in [-0.4, -0.2) is 15.2 Å². The topological polar surface area (TPSA) is 27.6 Å². The largest absolute Gasteiger partial charge is 0.284 e. The first-order chi connectivity index (χ1) is 6.60. The van der Waals surface area contributed by atoms with Gasteiger partial charge in [-0.1, -0.05) is 47.8 Å². The quantitative estimate of drug-likeness (QED) is 0.324. The van der Waals surface area contributed by atoms with Crippen molar-refractivity contribution >= 4 is 101 Å². The molecule has 15 heavy (non-hydrogen) atoms. The molecule has 0 amide bonds. The van der Waals surface area contributed by atoms with Crippen LogP contribution in [0.25, 0.3) is 0 Å². The molecule has 0 aromatic heterocycles. The summed E-state index contributed by atoms with van der Waals surface area (Å²) in [6.45, 7) is 1.94. The molecule has 86 valence electrons.